The van der Waals surface area contributed by atoms with Gasteiger partial charge in [0.2, 0.25) is 11.2 Å². The fourth-order valence-corrected chi connectivity index (χ4v) is 3.38. The molecule has 0 saturated heterocycles. The van der Waals surface area contributed by atoms with E-state index in [4.69, 9.17) is 25.5 Å². The molecule has 0 amide bonds. The van der Waals surface area contributed by atoms with Gasteiger partial charge in [0.25, 0.3) is 5.76 Å². The lowest BCUT2D eigenvalue weighted by atomic mass is 10.1. The van der Waals surface area contributed by atoms with Crippen molar-refractivity contribution in [1.29, 1.82) is 0 Å². The maximum Gasteiger partial charge on any atom is 0.453 e. The SMILES string of the molecule is CCc1ccc(Oc2c(C(F)(F)F)oc3cc(OC(=O)c4cccc(Cl)c4)ccc3c2=O)cc1. The van der Waals surface area contributed by atoms with Gasteiger partial charge in [0, 0.05) is 11.1 Å². The Morgan fingerprint density at radius 2 is 1.71 bits per heavy atom. The summed E-state index contributed by atoms with van der Waals surface area (Å²) >= 11 is 5.86. The summed E-state index contributed by atoms with van der Waals surface area (Å²) in [5.41, 5.74) is -0.333. The number of carbonyl (C=O) groups is 1. The van der Waals surface area contributed by atoms with Crippen molar-refractivity contribution in [1.82, 2.24) is 0 Å². The van der Waals surface area contributed by atoms with Crippen molar-refractivity contribution in [3.63, 3.8) is 0 Å². The van der Waals surface area contributed by atoms with Crippen LogP contribution >= 0.6 is 11.6 Å². The zero-order valence-electron chi connectivity index (χ0n) is 17.6. The zero-order valence-corrected chi connectivity index (χ0v) is 18.4. The molecule has 0 aliphatic heterocycles. The average Bonchev–Trinajstić information content (AvgIpc) is 2.80. The lowest BCUT2D eigenvalue weighted by molar-refractivity contribution is -0.154. The van der Waals surface area contributed by atoms with E-state index in [0.29, 0.717) is 5.02 Å². The molecule has 0 spiro atoms. The second-order valence-corrected chi connectivity index (χ2v) is 7.68. The molecule has 4 rings (SSSR count). The van der Waals surface area contributed by atoms with Crippen LogP contribution in [-0.2, 0) is 12.6 Å². The summed E-state index contributed by atoms with van der Waals surface area (Å²) in [7, 11) is 0. The zero-order chi connectivity index (χ0) is 24.5. The van der Waals surface area contributed by atoms with Gasteiger partial charge in [-0.3, -0.25) is 4.79 Å². The average molecular weight is 489 g/mol. The Morgan fingerprint density at radius 1 is 1.00 bits per heavy atom. The number of ether oxygens (including phenoxy) is 2. The van der Waals surface area contributed by atoms with E-state index in [1.165, 1.54) is 36.4 Å². The van der Waals surface area contributed by atoms with E-state index in [2.05, 4.69) is 0 Å². The van der Waals surface area contributed by atoms with Crippen LogP contribution in [0.15, 0.2) is 75.9 Å². The van der Waals surface area contributed by atoms with Gasteiger partial charge in [0.1, 0.15) is 17.1 Å². The summed E-state index contributed by atoms with van der Waals surface area (Å²) in [6.07, 6.45) is -4.28. The van der Waals surface area contributed by atoms with Crippen molar-refractivity contribution < 1.29 is 31.9 Å². The summed E-state index contributed by atoms with van der Waals surface area (Å²) in [6.45, 7) is 1.93. The Kier molecular flexibility index (Phi) is 6.34. The van der Waals surface area contributed by atoms with E-state index < -0.39 is 34.7 Å². The van der Waals surface area contributed by atoms with Gasteiger partial charge in [-0.2, -0.15) is 13.2 Å². The molecule has 0 unspecified atom stereocenters. The monoisotopic (exact) mass is 488 g/mol. The fraction of sp³-hybridized carbons (Fsp3) is 0.120. The second kappa shape index (κ2) is 9.23. The maximum absolute atomic E-state index is 13.7. The predicted octanol–water partition coefficient (Wildman–Crippen LogP) is 7.04. The summed E-state index contributed by atoms with van der Waals surface area (Å²) in [5.74, 6) is -3.41. The largest absolute Gasteiger partial charge is 0.453 e. The highest BCUT2D eigenvalue weighted by atomic mass is 35.5. The molecule has 3 aromatic carbocycles. The van der Waals surface area contributed by atoms with Crippen molar-refractivity contribution >= 4 is 28.5 Å². The maximum atomic E-state index is 13.7. The van der Waals surface area contributed by atoms with Crippen molar-refractivity contribution in [2.24, 2.45) is 0 Å². The number of benzene rings is 3. The minimum absolute atomic E-state index is 0.0569. The molecule has 0 saturated carbocycles. The fourth-order valence-electron chi connectivity index (χ4n) is 3.19. The van der Waals surface area contributed by atoms with Gasteiger partial charge in [-0.1, -0.05) is 36.7 Å². The van der Waals surface area contributed by atoms with E-state index >= 15 is 0 Å². The van der Waals surface area contributed by atoms with E-state index in [1.807, 2.05) is 6.92 Å². The van der Waals surface area contributed by atoms with Crippen molar-refractivity contribution in [3.8, 4) is 17.2 Å². The minimum atomic E-state index is -5.01. The highest BCUT2D eigenvalue weighted by molar-refractivity contribution is 6.30. The number of esters is 1. The van der Waals surface area contributed by atoms with Crippen LogP contribution < -0.4 is 14.9 Å². The summed E-state index contributed by atoms with van der Waals surface area (Å²) < 4.78 is 56.8. The standard InChI is InChI=1S/C25H16ClF3O5/c1-2-14-6-8-17(9-7-14)32-22-21(30)19-11-10-18(13-20(19)34-23(22)25(27,28)29)33-24(31)15-4-3-5-16(26)12-15/h3-13H,2H2,1H3. The molecule has 34 heavy (non-hydrogen) atoms. The van der Waals surface area contributed by atoms with Crippen LogP contribution in [0.4, 0.5) is 13.2 Å². The highest BCUT2D eigenvalue weighted by Crippen LogP contribution is 2.38. The van der Waals surface area contributed by atoms with Gasteiger partial charge in [0.05, 0.1) is 10.9 Å². The van der Waals surface area contributed by atoms with E-state index in [1.54, 1.807) is 24.3 Å². The van der Waals surface area contributed by atoms with Crippen LogP contribution in [0.2, 0.25) is 5.02 Å². The number of hydrogen-bond donors (Lipinski definition) is 0. The summed E-state index contributed by atoms with van der Waals surface area (Å²) in [6, 6.07) is 15.8. The number of halogens is 4. The normalized spacial score (nSPS) is 11.4. The quantitative estimate of drug-likeness (QED) is 0.223. The third-order valence-electron chi connectivity index (χ3n) is 4.90. The third kappa shape index (κ3) is 4.92. The molecule has 0 aliphatic rings. The number of fused-ring (bicyclic) bond motifs is 1. The van der Waals surface area contributed by atoms with Crippen LogP contribution in [-0.4, -0.2) is 5.97 Å². The molecule has 0 aliphatic carbocycles. The molecule has 0 radical (unpaired) electrons. The molecule has 0 bridgehead atoms. The van der Waals surface area contributed by atoms with Gasteiger partial charge in [0.15, 0.2) is 0 Å². The first-order chi connectivity index (χ1) is 16.2. The Labute approximate surface area is 196 Å². The molecule has 9 heteroatoms. The first kappa shape index (κ1) is 23.4. The van der Waals surface area contributed by atoms with Crippen LogP contribution in [0.5, 0.6) is 17.2 Å². The van der Waals surface area contributed by atoms with Gasteiger partial charge in [-0.05, 0) is 54.4 Å². The van der Waals surface area contributed by atoms with Crippen LogP contribution in [0.3, 0.4) is 0 Å². The topological polar surface area (TPSA) is 65.7 Å². The van der Waals surface area contributed by atoms with E-state index in [0.717, 1.165) is 18.1 Å². The minimum Gasteiger partial charge on any atom is -0.449 e. The third-order valence-corrected chi connectivity index (χ3v) is 5.14. The summed E-state index contributed by atoms with van der Waals surface area (Å²) in [5, 5.41) is 0.140. The van der Waals surface area contributed by atoms with Crippen LogP contribution in [0.1, 0.15) is 28.6 Å². The Balaban J connectivity index is 1.73. The van der Waals surface area contributed by atoms with Crippen LogP contribution in [0, 0.1) is 0 Å². The lowest BCUT2D eigenvalue weighted by Gasteiger charge is -2.14. The molecular weight excluding hydrogens is 473 g/mol. The van der Waals surface area contributed by atoms with Crippen molar-refractivity contribution in [2.75, 3.05) is 0 Å². The second-order valence-electron chi connectivity index (χ2n) is 7.24. The van der Waals surface area contributed by atoms with Gasteiger partial charge in [-0.15, -0.1) is 0 Å². The van der Waals surface area contributed by atoms with Gasteiger partial charge < -0.3 is 13.9 Å². The smallest absolute Gasteiger partial charge is 0.449 e. The van der Waals surface area contributed by atoms with Crippen molar-refractivity contribution in [3.05, 3.63) is 98.9 Å². The van der Waals surface area contributed by atoms with Crippen molar-refractivity contribution in [2.45, 2.75) is 19.5 Å². The highest BCUT2D eigenvalue weighted by Gasteiger charge is 2.40. The molecule has 4 aromatic rings. The Hall–Kier alpha value is -3.78. The Bertz CT molecular complexity index is 1430. The first-order valence-corrected chi connectivity index (χ1v) is 10.5. The van der Waals surface area contributed by atoms with Gasteiger partial charge in [-0.25, -0.2) is 4.79 Å². The van der Waals surface area contributed by atoms with Gasteiger partial charge >= 0.3 is 12.1 Å². The van der Waals surface area contributed by atoms with E-state index in [-0.39, 0.29) is 22.4 Å². The Morgan fingerprint density at radius 3 is 2.35 bits per heavy atom. The molecule has 174 valence electrons. The molecule has 0 fully saturated rings. The summed E-state index contributed by atoms with van der Waals surface area (Å²) in [4.78, 5) is 25.2. The molecule has 0 atom stereocenters. The molecule has 5 nitrogen and oxygen atoms in total. The lowest BCUT2D eigenvalue weighted by Crippen LogP contribution is -2.15. The number of hydrogen-bond acceptors (Lipinski definition) is 5. The van der Waals surface area contributed by atoms with Crippen LogP contribution in [0.25, 0.3) is 11.0 Å². The number of alkyl halides is 3. The molecule has 0 N–H and O–H groups in total. The van der Waals surface area contributed by atoms with E-state index in [9.17, 15) is 22.8 Å². The predicted molar refractivity (Wildman–Crippen MR) is 120 cm³/mol. The molecule has 1 heterocycles. The first-order valence-electron chi connectivity index (χ1n) is 10.1. The number of carbonyl (C=O) groups excluding carboxylic acids is 1. The number of rotatable bonds is 5. The number of aryl methyl sites for hydroxylation is 1. The molecule has 1 aromatic heterocycles. The molecular formula is C25H16ClF3O5.